The van der Waals surface area contributed by atoms with Crippen molar-refractivity contribution in [2.45, 2.75) is 12.5 Å². The number of Topliss-reactive ketones (excluding diaryl/α,β-unsaturated/α-hetero) is 1. The van der Waals surface area contributed by atoms with Gasteiger partial charge in [-0.25, -0.2) is 4.99 Å². The van der Waals surface area contributed by atoms with Gasteiger partial charge in [-0.15, -0.1) is 0 Å². The molecule has 10 nitrogen and oxygen atoms in total. The maximum Gasteiger partial charge on any atom is 0.271 e. The standard InChI is InChI=1S/C20H11Cl3N4O6/c1-9-24-14-8-12(27(32)33)5-6-13(14)20(29)18(16(22)15(21)17(23)19(20)28)25(9)10-3-2-4-11(7-10)26(30)31/h2-8,29H,1H3. The number of nitro benzene ring substituents is 2. The van der Waals surface area contributed by atoms with Crippen LogP contribution in [-0.2, 0) is 10.4 Å². The molecule has 0 radical (unpaired) electrons. The fourth-order valence-electron chi connectivity index (χ4n) is 3.71. The number of fused-ring (bicyclic) bond motifs is 3. The number of rotatable bonds is 3. The van der Waals surface area contributed by atoms with Gasteiger partial charge >= 0.3 is 0 Å². The first-order chi connectivity index (χ1) is 15.5. The van der Waals surface area contributed by atoms with E-state index >= 15 is 0 Å². The fraction of sp³-hybridized carbons (Fsp3) is 0.100. The Balaban J connectivity index is 2.12. The van der Waals surface area contributed by atoms with E-state index < -0.39 is 26.3 Å². The molecule has 0 saturated carbocycles. The summed E-state index contributed by atoms with van der Waals surface area (Å²) in [5.74, 6) is -0.944. The van der Waals surface area contributed by atoms with E-state index in [4.69, 9.17) is 34.8 Å². The molecule has 1 unspecified atom stereocenters. The fourth-order valence-corrected chi connectivity index (χ4v) is 4.49. The molecular formula is C20H11Cl3N4O6. The Bertz CT molecular complexity index is 1370. The summed E-state index contributed by atoms with van der Waals surface area (Å²) in [6.07, 6.45) is 0. The molecule has 1 N–H and O–H groups in total. The van der Waals surface area contributed by atoms with E-state index in [1.54, 1.807) is 0 Å². The van der Waals surface area contributed by atoms with E-state index in [-0.39, 0.29) is 49.9 Å². The molecule has 2 aromatic carbocycles. The molecule has 33 heavy (non-hydrogen) atoms. The highest BCUT2D eigenvalue weighted by Crippen LogP contribution is 2.52. The van der Waals surface area contributed by atoms with Gasteiger partial charge in [0.15, 0.2) is 5.60 Å². The molecule has 1 atom stereocenters. The predicted molar refractivity (Wildman–Crippen MR) is 122 cm³/mol. The Morgan fingerprint density at radius 2 is 1.61 bits per heavy atom. The van der Waals surface area contributed by atoms with Crippen molar-refractivity contribution in [1.82, 2.24) is 0 Å². The Kier molecular flexibility index (Phi) is 5.49. The summed E-state index contributed by atoms with van der Waals surface area (Å²) in [5.41, 5.74) is -3.51. The maximum absolute atomic E-state index is 13.3. The predicted octanol–water partition coefficient (Wildman–Crippen LogP) is 4.98. The number of hydrogen-bond donors (Lipinski definition) is 1. The summed E-state index contributed by atoms with van der Waals surface area (Å²) in [6.45, 7) is 1.47. The van der Waals surface area contributed by atoms with Crippen molar-refractivity contribution in [3.63, 3.8) is 0 Å². The number of nitrogens with zero attached hydrogens (tertiary/aromatic N) is 4. The van der Waals surface area contributed by atoms with E-state index in [0.717, 1.165) is 12.1 Å². The first kappa shape index (κ1) is 22.9. The molecule has 168 valence electrons. The quantitative estimate of drug-likeness (QED) is 0.454. The Hall–Kier alpha value is -3.31. The number of ketones is 1. The molecule has 0 spiro atoms. The van der Waals surface area contributed by atoms with E-state index in [0.29, 0.717) is 0 Å². The second-order valence-electron chi connectivity index (χ2n) is 7.06. The van der Waals surface area contributed by atoms with E-state index in [9.17, 15) is 30.1 Å². The van der Waals surface area contributed by atoms with Gasteiger partial charge in [-0.05, 0) is 19.1 Å². The molecule has 0 fully saturated rings. The highest BCUT2D eigenvalue weighted by atomic mass is 35.5. The number of nitro groups is 2. The number of halogens is 3. The average Bonchev–Trinajstić information content (AvgIpc) is 2.88. The minimum atomic E-state index is -2.55. The van der Waals surface area contributed by atoms with Crippen LogP contribution in [-0.4, -0.2) is 26.6 Å². The second-order valence-corrected chi connectivity index (χ2v) is 8.19. The molecule has 1 aliphatic carbocycles. The largest absolute Gasteiger partial charge is 0.372 e. The molecule has 0 bridgehead atoms. The van der Waals surface area contributed by atoms with Crippen LogP contribution in [0, 0.1) is 20.2 Å². The molecule has 0 amide bonds. The zero-order valence-corrected chi connectivity index (χ0v) is 18.7. The molecule has 4 rings (SSSR count). The van der Waals surface area contributed by atoms with Crippen LogP contribution in [0.4, 0.5) is 22.7 Å². The number of carbonyl (C=O) groups is 1. The van der Waals surface area contributed by atoms with Crippen LogP contribution in [0.15, 0.2) is 68.3 Å². The van der Waals surface area contributed by atoms with Gasteiger partial charge < -0.3 is 5.11 Å². The lowest BCUT2D eigenvalue weighted by Gasteiger charge is -2.38. The number of benzene rings is 2. The van der Waals surface area contributed by atoms with Gasteiger partial charge in [0.1, 0.15) is 10.9 Å². The summed E-state index contributed by atoms with van der Waals surface area (Å²) < 4.78 is 0. The van der Waals surface area contributed by atoms with Crippen molar-refractivity contribution in [2.24, 2.45) is 4.99 Å². The van der Waals surface area contributed by atoms with Crippen LogP contribution < -0.4 is 4.90 Å². The van der Waals surface area contributed by atoms with Crippen LogP contribution in [0.3, 0.4) is 0 Å². The molecule has 1 heterocycles. The van der Waals surface area contributed by atoms with Crippen molar-refractivity contribution >= 4 is 69.2 Å². The second kappa shape index (κ2) is 7.92. The summed E-state index contributed by atoms with van der Waals surface area (Å²) >= 11 is 18.7. The zero-order valence-electron chi connectivity index (χ0n) is 16.5. The maximum atomic E-state index is 13.3. The first-order valence-corrected chi connectivity index (χ1v) is 10.2. The molecule has 1 aliphatic heterocycles. The van der Waals surface area contributed by atoms with Gasteiger partial charge in [-0.1, -0.05) is 40.9 Å². The van der Waals surface area contributed by atoms with Gasteiger partial charge in [0.25, 0.3) is 11.4 Å². The Labute approximate surface area is 200 Å². The van der Waals surface area contributed by atoms with Crippen molar-refractivity contribution in [2.75, 3.05) is 4.90 Å². The van der Waals surface area contributed by atoms with Gasteiger partial charge in [0.05, 0.1) is 37.0 Å². The monoisotopic (exact) mass is 508 g/mol. The average molecular weight is 510 g/mol. The number of aliphatic hydroxyl groups is 1. The van der Waals surface area contributed by atoms with Crippen LogP contribution in [0.2, 0.25) is 0 Å². The molecule has 13 heteroatoms. The minimum Gasteiger partial charge on any atom is -0.372 e. The SMILES string of the molecule is CC1=Nc2cc([N+](=O)[O-])ccc2C2(O)C(=O)C(Cl)=C(Cl)C(Cl)=C2N1c1cccc([N+](=O)[O-])c1. The Morgan fingerprint density at radius 1 is 0.970 bits per heavy atom. The molecule has 0 aromatic heterocycles. The number of aliphatic imine (C=N–C) groups is 1. The lowest BCUT2D eigenvalue weighted by atomic mass is 9.81. The molecule has 0 saturated heterocycles. The first-order valence-electron chi connectivity index (χ1n) is 9.10. The number of anilines is 1. The molecular weight excluding hydrogens is 499 g/mol. The van der Waals surface area contributed by atoms with Crippen molar-refractivity contribution in [3.8, 4) is 0 Å². The minimum absolute atomic E-state index is 0.0880. The summed E-state index contributed by atoms with van der Waals surface area (Å²) in [7, 11) is 0. The summed E-state index contributed by atoms with van der Waals surface area (Å²) in [4.78, 5) is 40.2. The lowest BCUT2D eigenvalue weighted by molar-refractivity contribution is -0.385. The Morgan fingerprint density at radius 3 is 2.24 bits per heavy atom. The van der Waals surface area contributed by atoms with Crippen LogP contribution in [0.25, 0.3) is 0 Å². The van der Waals surface area contributed by atoms with Crippen LogP contribution in [0.1, 0.15) is 12.5 Å². The number of amidine groups is 1. The smallest absolute Gasteiger partial charge is 0.271 e. The van der Waals surface area contributed by atoms with E-state index in [2.05, 4.69) is 4.99 Å². The normalized spacial score (nSPS) is 20.2. The summed E-state index contributed by atoms with van der Waals surface area (Å²) in [5, 5.41) is 33.3. The molecule has 2 aromatic rings. The zero-order chi connectivity index (χ0) is 24.2. The molecule has 2 aliphatic rings. The highest BCUT2D eigenvalue weighted by Gasteiger charge is 2.54. The number of allylic oxidation sites excluding steroid dienone is 2. The van der Waals surface area contributed by atoms with Crippen molar-refractivity contribution < 1.29 is 19.7 Å². The van der Waals surface area contributed by atoms with E-state index in [1.165, 1.54) is 42.2 Å². The van der Waals surface area contributed by atoms with Gasteiger partial charge in [-0.2, -0.15) is 0 Å². The third kappa shape index (κ3) is 3.39. The van der Waals surface area contributed by atoms with Gasteiger partial charge in [0.2, 0.25) is 5.78 Å². The lowest BCUT2D eigenvalue weighted by Crippen LogP contribution is -2.48. The summed E-state index contributed by atoms with van der Waals surface area (Å²) in [6, 6.07) is 8.66. The van der Waals surface area contributed by atoms with Crippen LogP contribution in [0.5, 0.6) is 0 Å². The van der Waals surface area contributed by atoms with Gasteiger partial charge in [0, 0.05) is 29.8 Å². The highest BCUT2D eigenvalue weighted by molar-refractivity contribution is 6.55. The number of carbonyl (C=O) groups excluding carboxylic acids is 1. The van der Waals surface area contributed by atoms with Crippen molar-refractivity contribution in [1.29, 1.82) is 0 Å². The topological polar surface area (TPSA) is 139 Å². The third-order valence-electron chi connectivity index (χ3n) is 5.17. The van der Waals surface area contributed by atoms with Gasteiger partial charge in [-0.3, -0.25) is 29.9 Å². The van der Waals surface area contributed by atoms with Crippen molar-refractivity contribution in [3.05, 3.63) is 89.1 Å². The van der Waals surface area contributed by atoms with Crippen LogP contribution >= 0.6 is 34.8 Å². The number of hydrogen-bond acceptors (Lipinski definition) is 8. The third-order valence-corrected chi connectivity index (χ3v) is 6.47. The number of non-ortho nitro benzene ring substituents is 2. The van der Waals surface area contributed by atoms with E-state index in [1.807, 2.05) is 0 Å².